The van der Waals surface area contributed by atoms with E-state index in [1.54, 1.807) is 17.8 Å². The molecule has 1 aromatic carbocycles. The summed E-state index contributed by atoms with van der Waals surface area (Å²) in [4.78, 5) is 18.0. The minimum atomic E-state index is -0.190. The molecule has 0 unspecified atom stereocenters. The van der Waals surface area contributed by atoms with Gasteiger partial charge >= 0.3 is 5.56 Å². The van der Waals surface area contributed by atoms with Crippen LogP contribution in [0.2, 0.25) is 4.47 Å². The maximum absolute atomic E-state index is 12.9. The van der Waals surface area contributed by atoms with Gasteiger partial charge in [-0.2, -0.15) is 9.13 Å². The molecule has 0 amide bonds. The maximum atomic E-state index is 12.9. The summed E-state index contributed by atoms with van der Waals surface area (Å²) in [7, 11) is 1.76. The molecule has 1 N–H and O–H groups in total. The molecule has 5 nitrogen and oxygen atoms in total. The quantitative estimate of drug-likeness (QED) is 0.700. The minimum absolute atomic E-state index is 0.00294. The van der Waals surface area contributed by atoms with Gasteiger partial charge in [0.05, 0.1) is 17.8 Å². The molecular weight excluding hydrogens is 358 g/mol. The van der Waals surface area contributed by atoms with Crippen LogP contribution in [0.5, 0.6) is 5.88 Å². The predicted molar refractivity (Wildman–Crippen MR) is 97.3 cm³/mol. The summed E-state index contributed by atoms with van der Waals surface area (Å²) in [5.41, 5.74) is 0.836. The number of rotatable bonds is 2. The Kier molecular flexibility index (Phi) is 3.89. The van der Waals surface area contributed by atoms with E-state index in [-0.39, 0.29) is 23.4 Å². The van der Waals surface area contributed by atoms with Crippen molar-refractivity contribution in [2.75, 3.05) is 0 Å². The average Bonchev–Trinajstić information content (AvgIpc) is 3.17. The number of aromatic nitrogens is 3. The summed E-state index contributed by atoms with van der Waals surface area (Å²) < 4.78 is 3.98. The molecule has 1 aliphatic heterocycles. The van der Waals surface area contributed by atoms with Crippen molar-refractivity contribution < 1.29 is 9.67 Å². The highest BCUT2D eigenvalue weighted by Crippen LogP contribution is 2.39. The lowest BCUT2D eigenvalue weighted by Crippen LogP contribution is -2.45. The molecular formula is C18H17ClN3O2S+. The van der Waals surface area contributed by atoms with Gasteiger partial charge in [-0.3, -0.25) is 0 Å². The van der Waals surface area contributed by atoms with Crippen LogP contribution in [0.1, 0.15) is 36.0 Å². The number of halogens is 1. The van der Waals surface area contributed by atoms with Crippen molar-refractivity contribution in [2.45, 2.75) is 25.3 Å². The summed E-state index contributed by atoms with van der Waals surface area (Å²) in [6, 6.07) is 9.19. The molecule has 4 rings (SSSR count). The van der Waals surface area contributed by atoms with E-state index in [0.717, 1.165) is 17.1 Å². The fourth-order valence-electron chi connectivity index (χ4n) is 3.70. The van der Waals surface area contributed by atoms with E-state index in [1.807, 2.05) is 34.9 Å². The lowest BCUT2D eigenvalue weighted by Gasteiger charge is -2.12. The van der Waals surface area contributed by atoms with Crippen LogP contribution in [-0.2, 0) is 7.05 Å². The number of hydrogen-bond donors (Lipinski definition) is 1. The molecule has 3 heterocycles. The molecule has 2 atom stereocenters. The van der Waals surface area contributed by atoms with E-state index in [1.165, 1.54) is 11.3 Å². The SMILES string of the molecule is C[C@@H]1C[C@H](c2cnc(Cl)s2)[n+]2c(O)c(-c3ccccc3)c(=O)n(C)c21. The summed E-state index contributed by atoms with van der Waals surface area (Å²) >= 11 is 7.41. The second-order valence-corrected chi connectivity index (χ2v) is 7.97. The van der Waals surface area contributed by atoms with Crippen LogP contribution < -0.4 is 10.1 Å². The zero-order valence-corrected chi connectivity index (χ0v) is 15.4. The molecule has 128 valence electrons. The van der Waals surface area contributed by atoms with Crippen molar-refractivity contribution in [2.24, 2.45) is 7.05 Å². The monoisotopic (exact) mass is 374 g/mol. The number of aromatic hydroxyl groups is 1. The second-order valence-electron chi connectivity index (χ2n) is 6.33. The number of fused-ring (bicyclic) bond motifs is 1. The molecule has 0 radical (unpaired) electrons. The maximum Gasteiger partial charge on any atom is 0.349 e. The Hall–Kier alpha value is -2.18. The summed E-state index contributed by atoms with van der Waals surface area (Å²) in [6.07, 6.45) is 2.54. The Bertz CT molecular complexity index is 1010. The third kappa shape index (κ3) is 2.48. The first-order chi connectivity index (χ1) is 12.0. The van der Waals surface area contributed by atoms with Gasteiger partial charge < -0.3 is 5.11 Å². The molecule has 0 spiro atoms. The highest BCUT2D eigenvalue weighted by atomic mass is 35.5. The van der Waals surface area contributed by atoms with Gasteiger partial charge in [0.1, 0.15) is 6.04 Å². The zero-order valence-electron chi connectivity index (χ0n) is 13.8. The fraction of sp³-hybridized carbons (Fsp3) is 0.278. The molecule has 1 aliphatic rings. The van der Waals surface area contributed by atoms with E-state index >= 15 is 0 Å². The van der Waals surface area contributed by atoms with Gasteiger partial charge in [-0.25, -0.2) is 9.78 Å². The smallest absolute Gasteiger partial charge is 0.349 e. The van der Waals surface area contributed by atoms with Crippen LogP contribution in [0.4, 0.5) is 0 Å². The number of thiazole rings is 1. The molecule has 25 heavy (non-hydrogen) atoms. The Labute approximate surface area is 153 Å². The van der Waals surface area contributed by atoms with E-state index < -0.39 is 0 Å². The standard InChI is InChI=1S/C18H16ClN3O2S/c1-10-8-12(13-9-20-18(19)25-13)22-15(10)21(2)16(23)14(17(22)24)11-6-4-3-5-7-11/h3-7,9-10,12H,8H2,1-2H3/p+1/t10-,12-/m1/s1. The van der Waals surface area contributed by atoms with Crippen molar-refractivity contribution >= 4 is 22.9 Å². The van der Waals surface area contributed by atoms with Crippen molar-refractivity contribution in [3.05, 3.63) is 62.1 Å². The first-order valence-corrected chi connectivity index (χ1v) is 9.22. The van der Waals surface area contributed by atoms with Crippen LogP contribution in [0.25, 0.3) is 11.1 Å². The normalized spacial score (nSPS) is 19.2. The lowest BCUT2D eigenvalue weighted by atomic mass is 10.1. The van der Waals surface area contributed by atoms with Gasteiger partial charge in [0, 0.05) is 12.6 Å². The topological polar surface area (TPSA) is 59.0 Å². The summed E-state index contributed by atoms with van der Waals surface area (Å²) in [5.74, 6) is 0.958. The molecule has 0 aliphatic carbocycles. The lowest BCUT2D eigenvalue weighted by molar-refractivity contribution is -0.716. The highest BCUT2D eigenvalue weighted by Gasteiger charge is 2.43. The van der Waals surface area contributed by atoms with Crippen molar-refractivity contribution in [3.63, 3.8) is 0 Å². The molecule has 0 saturated carbocycles. The number of nitrogens with zero attached hydrogens (tertiary/aromatic N) is 3. The van der Waals surface area contributed by atoms with Gasteiger partial charge in [-0.15, -0.1) is 11.3 Å². The molecule has 0 fully saturated rings. The van der Waals surface area contributed by atoms with E-state index in [0.29, 0.717) is 15.6 Å². The van der Waals surface area contributed by atoms with Crippen LogP contribution in [0, 0.1) is 0 Å². The third-order valence-electron chi connectivity index (χ3n) is 4.78. The molecule has 2 aromatic heterocycles. The van der Waals surface area contributed by atoms with Gasteiger partial charge in [0.15, 0.2) is 10.0 Å². The van der Waals surface area contributed by atoms with E-state index in [9.17, 15) is 9.90 Å². The van der Waals surface area contributed by atoms with Crippen LogP contribution in [0.15, 0.2) is 41.3 Å². The van der Waals surface area contributed by atoms with Gasteiger partial charge in [0.2, 0.25) is 0 Å². The molecule has 0 bridgehead atoms. The summed E-state index contributed by atoms with van der Waals surface area (Å²) in [6.45, 7) is 2.07. The zero-order chi connectivity index (χ0) is 17.7. The fourth-order valence-corrected chi connectivity index (χ4v) is 4.76. The first-order valence-electron chi connectivity index (χ1n) is 8.03. The van der Waals surface area contributed by atoms with Gasteiger partial charge in [-0.1, -0.05) is 48.9 Å². The Balaban J connectivity index is 2.01. The minimum Gasteiger partial charge on any atom is -0.477 e. The Morgan fingerprint density at radius 1 is 1.36 bits per heavy atom. The predicted octanol–water partition coefficient (Wildman–Crippen LogP) is 3.25. The van der Waals surface area contributed by atoms with Crippen LogP contribution in [0.3, 0.4) is 0 Å². The summed E-state index contributed by atoms with van der Waals surface area (Å²) in [5, 5.41) is 11.0. The van der Waals surface area contributed by atoms with E-state index in [4.69, 9.17) is 11.6 Å². The molecule has 7 heteroatoms. The van der Waals surface area contributed by atoms with Gasteiger partial charge in [-0.05, 0) is 5.56 Å². The third-order valence-corrected chi connectivity index (χ3v) is 5.99. The van der Waals surface area contributed by atoms with Crippen molar-refractivity contribution in [1.29, 1.82) is 0 Å². The van der Waals surface area contributed by atoms with Crippen molar-refractivity contribution in [1.82, 2.24) is 9.55 Å². The first kappa shape index (κ1) is 16.3. The molecule has 0 saturated heterocycles. The average molecular weight is 375 g/mol. The van der Waals surface area contributed by atoms with Crippen LogP contribution >= 0.6 is 22.9 Å². The largest absolute Gasteiger partial charge is 0.477 e. The van der Waals surface area contributed by atoms with Crippen LogP contribution in [-0.4, -0.2) is 14.7 Å². The number of benzene rings is 1. The second kappa shape index (κ2) is 5.97. The van der Waals surface area contributed by atoms with Crippen molar-refractivity contribution in [3.8, 4) is 17.0 Å². The Morgan fingerprint density at radius 2 is 2.08 bits per heavy atom. The van der Waals surface area contributed by atoms with E-state index in [2.05, 4.69) is 11.9 Å². The van der Waals surface area contributed by atoms with Gasteiger partial charge in [0.25, 0.3) is 11.7 Å². The molecule has 3 aromatic rings. The Morgan fingerprint density at radius 3 is 2.72 bits per heavy atom. The number of hydrogen-bond acceptors (Lipinski definition) is 4. The highest BCUT2D eigenvalue weighted by molar-refractivity contribution is 7.15.